The smallest absolute Gasteiger partial charge is 0.140 e. The summed E-state index contributed by atoms with van der Waals surface area (Å²) in [7, 11) is 2.01. The Kier molecular flexibility index (Phi) is 3.18. The maximum atomic E-state index is 8.67. The predicted octanol–water partition coefficient (Wildman–Crippen LogP) is 3.09. The highest BCUT2D eigenvalue weighted by molar-refractivity contribution is 5.81. The number of benzene rings is 1. The van der Waals surface area contributed by atoms with Gasteiger partial charge in [0.15, 0.2) is 0 Å². The first kappa shape index (κ1) is 12.4. The number of hydrogen-bond donors (Lipinski definition) is 0. The molecular formula is C16H14N4. The molecule has 98 valence electrons. The molecule has 1 aromatic carbocycles. The number of imidazole rings is 1. The van der Waals surface area contributed by atoms with Crippen LogP contribution in [0.2, 0.25) is 0 Å². The number of aryl methyl sites for hydroxylation is 2. The van der Waals surface area contributed by atoms with E-state index in [0.717, 1.165) is 28.8 Å². The first-order valence-corrected chi connectivity index (χ1v) is 6.52. The molecule has 0 spiro atoms. The second kappa shape index (κ2) is 5.14. The molecule has 0 saturated carbocycles. The third-order valence-electron chi connectivity index (χ3n) is 3.41. The number of nitriles is 1. The van der Waals surface area contributed by atoms with Gasteiger partial charge in [0, 0.05) is 31.4 Å². The molecular weight excluding hydrogens is 248 g/mol. The van der Waals surface area contributed by atoms with Gasteiger partial charge in [0.1, 0.15) is 5.82 Å². The minimum absolute atomic E-state index is 0.542. The van der Waals surface area contributed by atoms with E-state index in [0.29, 0.717) is 6.42 Å². The maximum absolute atomic E-state index is 8.67. The van der Waals surface area contributed by atoms with Crippen LogP contribution >= 0.6 is 0 Å². The first-order chi connectivity index (χ1) is 9.79. The largest absolute Gasteiger partial charge is 0.327 e. The Morgan fingerprint density at radius 2 is 2.00 bits per heavy atom. The molecule has 0 aliphatic heterocycles. The van der Waals surface area contributed by atoms with Crippen LogP contribution < -0.4 is 0 Å². The van der Waals surface area contributed by atoms with Crippen molar-refractivity contribution in [3.63, 3.8) is 0 Å². The van der Waals surface area contributed by atoms with E-state index >= 15 is 0 Å². The van der Waals surface area contributed by atoms with Crippen molar-refractivity contribution in [2.45, 2.75) is 12.8 Å². The van der Waals surface area contributed by atoms with E-state index < -0.39 is 0 Å². The lowest BCUT2D eigenvalue weighted by atomic mass is 10.1. The second-order valence-electron chi connectivity index (χ2n) is 4.71. The van der Waals surface area contributed by atoms with Gasteiger partial charge in [0.05, 0.1) is 17.1 Å². The average Bonchev–Trinajstić information content (AvgIpc) is 2.83. The molecule has 0 atom stereocenters. The van der Waals surface area contributed by atoms with Crippen molar-refractivity contribution in [3.8, 4) is 17.5 Å². The minimum atomic E-state index is 0.542. The average molecular weight is 262 g/mol. The summed E-state index contributed by atoms with van der Waals surface area (Å²) in [5.41, 5.74) is 4.29. The molecule has 0 bridgehead atoms. The van der Waals surface area contributed by atoms with Crippen molar-refractivity contribution in [1.29, 1.82) is 5.26 Å². The van der Waals surface area contributed by atoms with Crippen molar-refractivity contribution in [1.82, 2.24) is 14.5 Å². The van der Waals surface area contributed by atoms with E-state index in [1.807, 2.05) is 31.3 Å². The lowest BCUT2D eigenvalue weighted by molar-refractivity contribution is 0.953. The van der Waals surface area contributed by atoms with Gasteiger partial charge < -0.3 is 4.57 Å². The number of aromatic nitrogens is 3. The molecule has 4 nitrogen and oxygen atoms in total. The van der Waals surface area contributed by atoms with Gasteiger partial charge in [-0.1, -0.05) is 6.07 Å². The van der Waals surface area contributed by atoms with Gasteiger partial charge in [0.2, 0.25) is 0 Å². The van der Waals surface area contributed by atoms with Gasteiger partial charge in [-0.2, -0.15) is 5.26 Å². The maximum Gasteiger partial charge on any atom is 0.140 e. The topological polar surface area (TPSA) is 54.5 Å². The SMILES string of the molecule is Cn1c(-c2ccncc2)nc2ccc(CCC#N)cc21. The van der Waals surface area contributed by atoms with Crippen LogP contribution in [0.5, 0.6) is 0 Å². The second-order valence-corrected chi connectivity index (χ2v) is 4.71. The van der Waals surface area contributed by atoms with E-state index in [1.54, 1.807) is 12.4 Å². The molecule has 0 aliphatic carbocycles. The molecule has 3 rings (SSSR count). The zero-order valence-electron chi connectivity index (χ0n) is 11.2. The Morgan fingerprint density at radius 1 is 1.20 bits per heavy atom. The lowest BCUT2D eigenvalue weighted by Gasteiger charge is -2.02. The summed E-state index contributed by atoms with van der Waals surface area (Å²) in [6.07, 6.45) is 4.86. The monoisotopic (exact) mass is 262 g/mol. The fourth-order valence-electron chi connectivity index (χ4n) is 2.35. The molecule has 4 heteroatoms. The molecule has 0 aliphatic rings. The minimum Gasteiger partial charge on any atom is -0.327 e. The van der Waals surface area contributed by atoms with Crippen LogP contribution in [0, 0.1) is 11.3 Å². The molecule has 0 N–H and O–H groups in total. The van der Waals surface area contributed by atoms with Crippen LogP contribution in [0.3, 0.4) is 0 Å². The normalized spacial score (nSPS) is 10.6. The summed E-state index contributed by atoms with van der Waals surface area (Å²) >= 11 is 0. The van der Waals surface area contributed by atoms with Crippen LogP contribution in [-0.4, -0.2) is 14.5 Å². The van der Waals surface area contributed by atoms with Gasteiger partial charge in [-0.15, -0.1) is 0 Å². The van der Waals surface area contributed by atoms with E-state index in [-0.39, 0.29) is 0 Å². The van der Waals surface area contributed by atoms with Gasteiger partial charge >= 0.3 is 0 Å². The molecule has 3 aromatic rings. The molecule has 0 amide bonds. The Bertz CT molecular complexity index is 781. The molecule has 0 unspecified atom stereocenters. The van der Waals surface area contributed by atoms with Crippen molar-refractivity contribution >= 4 is 11.0 Å². The van der Waals surface area contributed by atoms with Gasteiger partial charge in [-0.25, -0.2) is 4.98 Å². The summed E-state index contributed by atoms with van der Waals surface area (Å²) in [5, 5.41) is 8.67. The first-order valence-electron chi connectivity index (χ1n) is 6.52. The summed E-state index contributed by atoms with van der Waals surface area (Å²) in [6.45, 7) is 0. The highest BCUT2D eigenvalue weighted by atomic mass is 15.1. The highest BCUT2D eigenvalue weighted by Gasteiger charge is 2.10. The number of hydrogen-bond acceptors (Lipinski definition) is 3. The van der Waals surface area contributed by atoms with E-state index in [9.17, 15) is 0 Å². The highest BCUT2D eigenvalue weighted by Crippen LogP contribution is 2.24. The standard InChI is InChI=1S/C16H14N4/c1-20-15-11-12(3-2-8-17)4-5-14(15)19-16(20)13-6-9-18-10-7-13/h4-7,9-11H,2-3H2,1H3. The molecule has 2 aromatic heterocycles. The summed E-state index contributed by atoms with van der Waals surface area (Å²) in [6, 6.07) is 12.3. The van der Waals surface area contributed by atoms with Crippen molar-refractivity contribution < 1.29 is 0 Å². The molecule has 0 radical (unpaired) electrons. The Morgan fingerprint density at radius 3 is 2.75 bits per heavy atom. The van der Waals surface area contributed by atoms with E-state index in [4.69, 9.17) is 5.26 Å². The number of nitrogens with zero attached hydrogens (tertiary/aromatic N) is 4. The summed E-state index contributed by atoms with van der Waals surface area (Å²) in [4.78, 5) is 8.71. The van der Waals surface area contributed by atoms with Gasteiger partial charge in [-0.3, -0.25) is 4.98 Å². The Balaban J connectivity index is 2.09. The zero-order valence-corrected chi connectivity index (χ0v) is 11.2. The molecule has 2 heterocycles. The van der Waals surface area contributed by atoms with Crippen LogP contribution in [0.1, 0.15) is 12.0 Å². The quantitative estimate of drug-likeness (QED) is 0.728. The van der Waals surface area contributed by atoms with Crippen LogP contribution in [0.15, 0.2) is 42.7 Å². The third-order valence-corrected chi connectivity index (χ3v) is 3.41. The van der Waals surface area contributed by atoms with Crippen LogP contribution in [0.25, 0.3) is 22.4 Å². The molecule has 20 heavy (non-hydrogen) atoms. The van der Waals surface area contributed by atoms with Crippen molar-refractivity contribution in [2.24, 2.45) is 7.05 Å². The number of rotatable bonds is 3. The summed E-state index contributed by atoms with van der Waals surface area (Å²) in [5.74, 6) is 0.930. The van der Waals surface area contributed by atoms with Crippen LogP contribution in [-0.2, 0) is 13.5 Å². The lowest BCUT2D eigenvalue weighted by Crippen LogP contribution is -1.93. The molecule has 0 fully saturated rings. The Labute approximate surface area is 117 Å². The number of fused-ring (bicyclic) bond motifs is 1. The fourth-order valence-corrected chi connectivity index (χ4v) is 2.35. The number of pyridine rings is 1. The van der Waals surface area contributed by atoms with E-state index in [1.165, 1.54) is 5.56 Å². The van der Waals surface area contributed by atoms with Gasteiger partial charge in [0.25, 0.3) is 0 Å². The third kappa shape index (κ3) is 2.14. The zero-order chi connectivity index (χ0) is 13.9. The Hall–Kier alpha value is -2.67. The fraction of sp³-hybridized carbons (Fsp3) is 0.188. The van der Waals surface area contributed by atoms with Gasteiger partial charge in [-0.05, 0) is 36.2 Å². The van der Waals surface area contributed by atoms with Crippen LogP contribution in [0.4, 0.5) is 0 Å². The summed E-state index contributed by atoms with van der Waals surface area (Å²) < 4.78 is 2.08. The van der Waals surface area contributed by atoms with E-state index in [2.05, 4.69) is 26.7 Å². The molecule has 0 saturated heterocycles. The predicted molar refractivity (Wildman–Crippen MR) is 77.9 cm³/mol. The van der Waals surface area contributed by atoms with Crippen molar-refractivity contribution in [2.75, 3.05) is 0 Å². The van der Waals surface area contributed by atoms with Crippen molar-refractivity contribution in [3.05, 3.63) is 48.3 Å².